The van der Waals surface area contributed by atoms with Crippen LogP contribution >= 0.6 is 23.1 Å². The number of aryl methyl sites for hydroxylation is 1. The average Bonchev–Trinajstić information content (AvgIpc) is 3.01. The summed E-state index contributed by atoms with van der Waals surface area (Å²) in [4.78, 5) is 7.86. The number of hydrogen-bond acceptors (Lipinski definition) is 6. The SMILES string of the molecule is CNc1nnc(CSc2nc3ccc(C)cc3[nH]2)s1. The van der Waals surface area contributed by atoms with Crippen molar-refractivity contribution in [3.63, 3.8) is 0 Å². The van der Waals surface area contributed by atoms with Gasteiger partial charge in [0.05, 0.1) is 16.8 Å². The summed E-state index contributed by atoms with van der Waals surface area (Å²) in [6.45, 7) is 2.08. The summed E-state index contributed by atoms with van der Waals surface area (Å²) in [5.74, 6) is 0.776. The molecule has 2 N–H and O–H groups in total. The fraction of sp³-hybridized carbons (Fsp3) is 0.250. The lowest BCUT2D eigenvalue weighted by molar-refractivity contribution is 1.03. The van der Waals surface area contributed by atoms with Crippen molar-refractivity contribution >= 4 is 39.3 Å². The van der Waals surface area contributed by atoms with Gasteiger partial charge in [-0.3, -0.25) is 0 Å². The van der Waals surface area contributed by atoms with Crippen LogP contribution in [-0.2, 0) is 5.75 Å². The minimum Gasteiger partial charge on any atom is -0.363 e. The molecule has 0 atom stereocenters. The third-order valence-electron chi connectivity index (χ3n) is 2.63. The van der Waals surface area contributed by atoms with Crippen LogP contribution in [-0.4, -0.2) is 27.2 Å². The zero-order valence-corrected chi connectivity index (χ0v) is 12.2. The quantitative estimate of drug-likeness (QED) is 0.723. The predicted molar refractivity (Wildman–Crippen MR) is 79.8 cm³/mol. The first kappa shape index (κ1) is 12.4. The Morgan fingerprint density at radius 1 is 1.37 bits per heavy atom. The van der Waals surface area contributed by atoms with Crippen LogP contribution in [0.25, 0.3) is 11.0 Å². The van der Waals surface area contributed by atoms with Gasteiger partial charge in [-0.25, -0.2) is 4.98 Å². The van der Waals surface area contributed by atoms with Gasteiger partial charge in [-0.05, 0) is 24.6 Å². The lowest BCUT2D eigenvalue weighted by Gasteiger charge is -1.92. The van der Waals surface area contributed by atoms with E-state index in [4.69, 9.17) is 0 Å². The predicted octanol–water partition coefficient (Wildman–Crippen LogP) is 3.06. The maximum atomic E-state index is 4.54. The number of anilines is 1. The van der Waals surface area contributed by atoms with E-state index in [2.05, 4.69) is 44.5 Å². The number of hydrogen-bond donors (Lipinski definition) is 2. The summed E-state index contributed by atoms with van der Waals surface area (Å²) < 4.78 is 0. The maximum Gasteiger partial charge on any atom is 0.205 e. The van der Waals surface area contributed by atoms with Gasteiger partial charge in [-0.1, -0.05) is 29.2 Å². The molecule has 2 heterocycles. The van der Waals surface area contributed by atoms with Crippen molar-refractivity contribution in [1.82, 2.24) is 20.2 Å². The molecule has 0 saturated heterocycles. The minimum atomic E-state index is 0.776. The van der Waals surface area contributed by atoms with Gasteiger partial charge in [0.1, 0.15) is 5.01 Å². The summed E-state index contributed by atoms with van der Waals surface area (Å²) in [7, 11) is 1.85. The van der Waals surface area contributed by atoms with Crippen molar-refractivity contribution in [3.05, 3.63) is 28.8 Å². The second-order valence-electron chi connectivity index (χ2n) is 4.10. The second-order valence-corrected chi connectivity index (χ2v) is 6.13. The van der Waals surface area contributed by atoms with Gasteiger partial charge in [0.25, 0.3) is 0 Å². The summed E-state index contributed by atoms with van der Waals surface area (Å²) >= 11 is 3.21. The largest absolute Gasteiger partial charge is 0.363 e. The lowest BCUT2D eigenvalue weighted by atomic mass is 10.2. The Bertz CT molecular complexity index is 703. The van der Waals surface area contributed by atoms with E-state index < -0.39 is 0 Å². The number of rotatable bonds is 4. The molecule has 0 amide bonds. The zero-order valence-electron chi connectivity index (χ0n) is 10.6. The van der Waals surface area contributed by atoms with E-state index in [0.717, 1.165) is 32.1 Å². The molecule has 0 aliphatic heterocycles. The van der Waals surface area contributed by atoms with Crippen LogP contribution in [0, 0.1) is 6.92 Å². The first-order valence-corrected chi connectivity index (χ1v) is 7.64. The molecule has 98 valence electrons. The number of thioether (sulfide) groups is 1. The molecule has 0 aliphatic rings. The number of benzene rings is 1. The monoisotopic (exact) mass is 291 g/mol. The van der Waals surface area contributed by atoms with Crippen molar-refractivity contribution in [2.75, 3.05) is 12.4 Å². The van der Waals surface area contributed by atoms with Crippen LogP contribution in [0.4, 0.5) is 5.13 Å². The van der Waals surface area contributed by atoms with Gasteiger partial charge >= 0.3 is 0 Å². The highest BCUT2D eigenvalue weighted by Crippen LogP contribution is 2.25. The smallest absolute Gasteiger partial charge is 0.205 e. The fourth-order valence-electron chi connectivity index (χ4n) is 1.71. The van der Waals surface area contributed by atoms with Gasteiger partial charge < -0.3 is 10.3 Å². The third kappa shape index (κ3) is 2.71. The molecule has 0 bridgehead atoms. The van der Waals surface area contributed by atoms with Crippen molar-refractivity contribution in [3.8, 4) is 0 Å². The lowest BCUT2D eigenvalue weighted by Crippen LogP contribution is -1.84. The van der Waals surface area contributed by atoms with Crippen molar-refractivity contribution in [1.29, 1.82) is 0 Å². The van der Waals surface area contributed by atoms with Crippen molar-refractivity contribution in [2.45, 2.75) is 17.8 Å². The van der Waals surface area contributed by atoms with Crippen molar-refractivity contribution < 1.29 is 0 Å². The number of aromatic nitrogens is 4. The number of imidazole rings is 1. The number of fused-ring (bicyclic) bond motifs is 1. The maximum absolute atomic E-state index is 4.54. The normalized spacial score (nSPS) is 11.1. The molecule has 19 heavy (non-hydrogen) atoms. The van der Waals surface area contributed by atoms with Crippen molar-refractivity contribution in [2.24, 2.45) is 0 Å². The van der Waals surface area contributed by atoms with Gasteiger partial charge in [-0.2, -0.15) is 0 Å². The molecule has 0 saturated carbocycles. The molecule has 1 aromatic carbocycles. The highest BCUT2D eigenvalue weighted by atomic mass is 32.2. The van der Waals surface area contributed by atoms with E-state index in [1.165, 1.54) is 5.56 Å². The van der Waals surface area contributed by atoms with Crippen LogP contribution in [0.1, 0.15) is 10.6 Å². The molecule has 0 unspecified atom stereocenters. The summed E-state index contributed by atoms with van der Waals surface area (Å²) in [5, 5.41) is 13.9. The number of nitrogens with zero attached hydrogens (tertiary/aromatic N) is 3. The second kappa shape index (κ2) is 5.18. The minimum absolute atomic E-state index is 0.776. The Hall–Kier alpha value is -1.60. The van der Waals surface area contributed by atoms with E-state index in [9.17, 15) is 0 Å². The topological polar surface area (TPSA) is 66.5 Å². The Kier molecular flexibility index (Phi) is 3.39. The number of aromatic amines is 1. The van der Waals surface area contributed by atoms with Crippen LogP contribution in [0.5, 0.6) is 0 Å². The highest BCUT2D eigenvalue weighted by Gasteiger charge is 2.07. The van der Waals surface area contributed by atoms with Crippen LogP contribution < -0.4 is 5.32 Å². The molecule has 7 heteroatoms. The van der Waals surface area contributed by atoms with Crippen LogP contribution in [0.3, 0.4) is 0 Å². The average molecular weight is 291 g/mol. The molecule has 0 spiro atoms. The van der Waals surface area contributed by atoms with E-state index in [1.54, 1.807) is 23.1 Å². The molecule has 0 aliphatic carbocycles. The summed E-state index contributed by atoms with van der Waals surface area (Å²) in [6, 6.07) is 6.22. The van der Waals surface area contributed by atoms with E-state index in [0.29, 0.717) is 0 Å². The van der Waals surface area contributed by atoms with Gasteiger partial charge in [-0.15, -0.1) is 10.2 Å². The first-order chi connectivity index (χ1) is 9.24. The zero-order chi connectivity index (χ0) is 13.2. The van der Waals surface area contributed by atoms with E-state index >= 15 is 0 Å². The van der Waals surface area contributed by atoms with Gasteiger partial charge in [0.15, 0.2) is 5.16 Å². The number of nitrogens with one attached hydrogen (secondary N) is 2. The summed E-state index contributed by atoms with van der Waals surface area (Å²) in [6.07, 6.45) is 0. The molecular weight excluding hydrogens is 278 g/mol. The first-order valence-electron chi connectivity index (χ1n) is 5.84. The molecule has 0 fully saturated rings. The molecule has 3 aromatic rings. The van der Waals surface area contributed by atoms with Gasteiger partial charge in [0, 0.05) is 7.05 Å². The molecule has 5 nitrogen and oxygen atoms in total. The highest BCUT2D eigenvalue weighted by molar-refractivity contribution is 7.98. The Morgan fingerprint density at radius 2 is 2.26 bits per heavy atom. The Balaban J connectivity index is 1.74. The molecule has 0 radical (unpaired) electrons. The third-order valence-corrected chi connectivity index (χ3v) is 4.64. The van der Waals surface area contributed by atoms with Crippen LogP contribution in [0.15, 0.2) is 23.4 Å². The van der Waals surface area contributed by atoms with Crippen LogP contribution in [0.2, 0.25) is 0 Å². The number of H-pyrrole nitrogens is 1. The Morgan fingerprint density at radius 3 is 3.05 bits per heavy atom. The Labute approximate surface area is 118 Å². The standard InChI is InChI=1S/C12H13N5S2/c1-7-3-4-8-9(5-7)15-12(14-8)18-6-10-16-17-11(13-2)19-10/h3-5H,6H2,1-2H3,(H,13,17)(H,14,15). The van der Waals surface area contributed by atoms with E-state index in [1.807, 2.05) is 13.1 Å². The van der Waals surface area contributed by atoms with Gasteiger partial charge in [0.2, 0.25) is 5.13 Å². The fourth-order valence-corrected chi connectivity index (χ4v) is 3.28. The molecular formula is C12H13N5S2. The summed E-state index contributed by atoms with van der Waals surface area (Å²) in [5.41, 5.74) is 3.31. The van der Waals surface area contributed by atoms with E-state index in [-0.39, 0.29) is 0 Å². The molecule has 2 aromatic heterocycles. The molecule has 3 rings (SSSR count).